The van der Waals surface area contributed by atoms with Gasteiger partial charge < -0.3 is 20.5 Å². The standard InChI is InChI=1S/C22H27N5O2/c1-23-17-3-5-18(6-4-17)27-22-20-11-15(2-7-21(20)25-14-26-22)16-10-19(13-24-12-16)29-9-8-28/h2,7,10-14,17-18,23,28H,3-6,8-9H2,1H3,(H,25,26,27). The molecule has 7 heteroatoms. The van der Waals surface area contributed by atoms with Gasteiger partial charge in [0, 0.05) is 29.2 Å². The van der Waals surface area contributed by atoms with Gasteiger partial charge in [0.15, 0.2) is 0 Å². The van der Waals surface area contributed by atoms with E-state index < -0.39 is 0 Å². The molecule has 0 atom stereocenters. The summed E-state index contributed by atoms with van der Waals surface area (Å²) in [5.41, 5.74) is 2.89. The number of benzene rings is 1. The van der Waals surface area contributed by atoms with E-state index in [0.29, 0.717) is 17.8 Å². The Morgan fingerprint density at radius 2 is 1.86 bits per heavy atom. The van der Waals surface area contributed by atoms with Gasteiger partial charge >= 0.3 is 0 Å². The van der Waals surface area contributed by atoms with Gasteiger partial charge in [0.05, 0.1) is 18.3 Å². The molecule has 1 aromatic carbocycles. The van der Waals surface area contributed by atoms with Gasteiger partial charge in [-0.15, -0.1) is 0 Å². The first kappa shape index (κ1) is 19.5. The topological polar surface area (TPSA) is 92.2 Å². The monoisotopic (exact) mass is 393 g/mol. The van der Waals surface area contributed by atoms with Gasteiger partial charge in [0.2, 0.25) is 0 Å². The zero-order valence-corrected chi connectivity index (χ0v) is 16.6. The van der Waals surface area contributed by atoms with E-state index in [9.17, 15) is 0 Å². The zero-order chi connectivity index (χ0) is 20.1. The lowest BCUT2D eigenvalue weighted by atomic mass is 9.91. The molecule has 0 amide bonds. The van der Waals surface area contributed by atoms with Gasteiger partial charge in [-0.05, 0) is 56.5 Å². The molecule has 1 fully saturated rings. The van der Waals surface area contributed by atoms with Crippen LogP contribution in [0.25, 0.3) is 22.0 Å². The molecule has 1 aliphatic carbocycles. The van der Waals surface area contributed by atoms with Crippen molar-refractivity contribution in [2.45, 2.75) is 37.8 Å². The van der Waals surface area contributed by atoms with E-state index >= 15 is 0 Å². The average molecular weight is 393 g/mol. The van der Waals surface area contributed by atoms with Gasteiger partial charge in [0.25, 0.3) is 0 Å². The van der Waals surface area contributed by atoms with Crippen molar-refractivity contribution in [1.29, 1.82) is 0 Å². The maximum Gasteiger partial charge on any atom is 0.138 e. The minimum atomic E-state index is -0.0250. The Labute approximate surface area is 170 Å². The maximum atomic E-state index is 8.96. The number of rotatable bonds is 7. The first-order valence-electron chi connectivity index (χ1n) is 10.1. The number of nitrogens with zero attached hydrogens (tertiary/aromatic N) is 3. The second kappa shape index (κ2) is 9.15. The SMILES string of the molecule is CNC1CCC(Nc2ncnc3ccc(-c4cncc(OCCO)c4)cc23)CC1. The summed E-state index contributed by atoms with van der Waals surface area (Å²) in [6.45, 7) is 0.226. The molecule has 7 nitrogen and oxygen atoms in total. The summed E-state index contributed by atoms with van der Waals surface area (Å²) in [5.74, 6) is 1.52. The largest absolute Gasteiger partial charge is 0.490 e. The van der Waals surface area contributed by atoms with Gasteiger partial charge in [-0.25, -0.2) is 9.97 Å². The number of anilines is 1. The van der Waals surface area contributed by atoms with Crippen molar-refractivity contribution in [1.82, 2.24) is 20.3 Å². The third-order valence-electron chi connectivity index (χ3n) is 5.52. The molecular formula is C22H27N5O2. The van der Waals surface area contributed by atoms with E-state index in [1.807, 2.05) is 31.4 Å². The van der Waals surface area contributed by atoms with Crippen LogP contribution < -0.4 is 15.4 Å². The molecule has 2 heterocycles. The van der Waals surface area contributed by atoms with Crippen LogP contribution in [0.5, 0.6) is 5.75 Å². The molecule has 0 radical (unpaired) electrons. The molecule has 0 saturated heterocycles. The predicted octanol–water partition coefficient (Wildman–Crippen LogP) is 3.01. The molecule has 4 rings (SSSR count). The van der Waals surface area contributed by atoms with Crippen molar-refractivity contribution >= 4 is 16.7 Å². The highest BCUT2D eigenvalue weighted by Crippen LogP contribution is 2.30. The third-order valence-corrected chi connectivity index (χ3v) is 5.52. The quantitative estimate of drug-likeness (QED) is 0.568. The van der Waals surface area contributed by atoms with Crippen LogP contribution in [0.4, 0.5) is 5.82 Å². The summed E-state index contributed by atoms with van der Waals surface area (Å²) in [4.78, 5) is 13.2. The molecule has 1 saturated carbocycles. The Hall–Kier alpha value is -2.77. The predicted molar refractivity (Wildman–Crippen MR) is 114 cm³/mol. The number of hydrogen-bond acceptors (Lipinski definition) is 7. The van der Waals surface area contributed by atoms with Gasteiger partial charge in [-0.1, -0.05) is 6.07 Å². The Bertz CT molecular complexity index is 957. The maximum absolute atomic E-state index is 8.96. The fourth-order valence-electron chi connectivity index (χ4n) is 3.89. The number of aliphatic hydroxyl groups excluding tert-OH is 1. The minimum Gasteiger partial charge on any atom is -0.490 e. The molecule has 0 bridgehead atoms. The third kappa shape index (κ3) is 4.63. The number of pyridine rings is 1. The van der Waals surface area contributed by atoms with Crippen molar-refractivity contribution in [3.63, 3.8) is 0 Å². The number of aromatic nitrogens is 3. The highest BCUT2D eigenvalue weighted by molar-refractivity contribution is 5.92. The lowest BCUT2D eigenvalue weighted by molar-refractivity contribution is 0.201. The van der Waals surface area contributed by atoms with Crippen LogP contribution in [0.1, 0.15) is 25.7 Å². The Balaban J connectivity index is 1.59. The number of aliphatic hydroxyl groups is 1. The van der Waals surface area contributed by atoms with E-state index in [4.69, 9.17) is 9.84 Å². The fraction of sp³-hybridized carbons (Fsp3) is 0.409. The van der Waals surface area contributed by atoms with Crippen LogP contribution in [0, 0.1) is 0 Å². The zero-order valence-electron chi connectivity index (χ0n) is 16.6. The second-order valence-electron chi connectivity index (χ2n) is 7.42. The van der Waals surface area contributed by atoms with Crippen LogP contribution in [-0.2, 0) is 0 Å². The normalized spacial score (nSPS) is 19.2. The second-order valence-corrected chi connectivity index (χ2v) is 7.42. The molecule has 152 valence electrons. The van der Waals surface area contributed by atoms with Crippen LogP contribution in [0.3, 0.4) is 0 Å². The molecule has 2 aromatic heterocycles. The summed E-state index contributed by atoms with van der Waals surface area (Å²) in [6.07, 6.45) is 9.69. The summed E-state index contributed by atoms with van der Waals surface area (Å²) in [6, 6.07) is 9.12. The number of fused-ring (bicyclic) bond motifs is 1. The number of nitrogens with one attached hydrogen (secondary N) is 2. The fourth-order valence-corrected chi connectivity index (χ4v) is 3.89. The summed E-state index contributed by atoms with van der Waals surface area (Å²) < 4.78 is 5.49. The highest BCUT2D eigenvalue weighted by Gasteiger charge is 2.20. The molecule has 0 aliphatic heterocycles. The van der Waals surface area contributed by atoms with E-state index in [1.165, 1.54) is 12.8 Å². The Morgan fingerprint density at radius 3 is 2.66 bits per heavy atom. The van der Waals surface area contributed by atoms with Crippen LogP contribution in [-0.4, -0.2) is 52.4 Å². The van der Waals surface area contributed by atoms with Gasteiger partial charge in [-0.2, -0.15) is 0 Å². The highest BCUT2D eigenvalue weighted by atomic mass is 16.5. The molecule has 3 aromatic rings. The van der Waals surface area contributed by atoms with Crippen LogP contribution in [0.15, 0.2) is 43.0 Å². The van der Waals surface area contributed by atoms with Crippen LogP contribution >= 0.6 is 0 Å². The molecule has 0 spiro atoms. The van der Waals surface area contributed by atoms with Crippen molar-refractivity contribution < 1.29 is 9.84 Å². The Morgan fingerprint density at radius 1 is 1.03 bits per heavy atom. The molecular weight excluding hydrogens is 366 g/mol. The summed E-state index contributed by atoms with van der Waals surface area (Å²) in [5, 5.41) is 17.0. The van der Waals surface area contributed by atoms with Crippen molar-refractivity contribution in [3.05, 3.63) is 43.0 Å². The number of ether oxygens (including phenoxy) is 1. The van der Waals surface area contributed by atoms with Crippen LogP contribution in [0.2, 0.25) is 0 Å². The average Bonchev–Trinajstić information content (AvgIpc) is 2.78. The first-order valence-corrected chi connectivity index (χ1v) is 10.1. The smallest absolute Gasteiger partial charge is 0.138 e. The van der Waals surface area contributed by atoms with Crippen molar-refractivity contribution in [2.75, 3.05) is 25.6 Å². The first-order chi connectivity index (χ1) is 14.3. The summed E-state index contributed by atoms with van der Waals surface area (Å²) >= 11 is 0. The van der Waals surface area contributed by atoms with Crippen molar-refractivity contribution in [2.24, 2.45) is 0 Å². The molecule has 29 heavy (non-hydrogen) atoms. The minimum absolute atomic E-state index is 0.0250. The van der Waals surface area contributed by atoms with Gasteiger partial charge in [-0.3, -0.25) is 4.98 Å². The molecule has 0 unspecified atom stereocenters. The van der Waals surface area contributed by atoms with E-state index in [0.717, 1.165) is 40.7 Å². The van der Waals surface area contributed by atoms with Gasteiger partial charge in [0.1, 0.15) is 24.5 Å². The Kier molecular flexibility index (Phi) is 6.17. The molecule has 3 N–H and O–H groups in total. The lowest BCUT2D eigenvalue weighted by Crippen LogP contribution is -2.35. The lowest BCUT2D eigenvalue weighted by Gasteiger charge is -2.29. The van der Waals surface area contributed by atoms with Crippen molar-refractivity contribution in [3.8, 4) is 16.9 Å². The number of hydrogen-bond donors (Lipinski definition) is 3. The molecule has 1 aliphatic rings. The van der Waals surface area contributed by atoms with E-state index in [-0.39, 0.29) is 13.2 Å². The van der Waals surface area contributed by atoms with E-state index in [2.05, 4.69) is 31.7 Å². The summed E-state index contributed by atoms with van der Waals surface area (Å²) in [7, 11) is 2.04. The van der Waals surface area contributed by atoms with E-state index in [1.54, 1.807) is 12.5 Å².